The number of rotatable bonds is 3. The normalized spacial score (nSPS) is 25.3. The highest BCUT2D eigenvalue weighted by Crippen LogP contribution is 2.20. The van der Waals surface area contributed by atoms with Crippen LogP contribution < -0.4 is 0 Å². The fraction of sp³-hybridized carbons (Fsp3) is 0.538. The van der Waals surface area contributed by atoms with Gasteiger partial charge in [0, 0.05) is 29.2 Å². The van der Waals surface area contributed by atoms with Gasteiger partial charge in [-0.2, -0.15) is 0 Å². The Morgan fingerprint density at radius 1 is 1.56 bits per heavy atom. The zero-order chi connectivity index (χ0) is 13.1. The van der Waals surface area contributed by atoms with Crippen molar-refractivity contribution >= 4 is 15.9 Å². The lowest BCUT2D eigenvalue weighted by atomic mass is 10.1. The molecule has 1 aliphatic rings. The van der Waals surface area contributed by atoms with Crippen LogP contribution in [0.3, 0.4) is 0 Å². The average molecular weight is 318 g/mol. The molecule has 3 nitrogen and oxygen atoms in total. The van der Waals surface area contributed by atoms with Gasteiger partial charge in [-0.25, -0.2) is 4.39 Å². The Labute approximate surface area is 115 Å². The summed E-state index contributed by atoms with van der Waals surface area (Å²) >= 11 is 3.25. The van der Waals surface area contributed by atoms with Crippen LogP contribution in [-0.2, 0) is 11.3 Å². The number of aliphatic hydroxyl groups excluding tert-OH is 1. The van der Waals surface area contributed by atoms with Gasteiger partial charge < -0.3 is 9.84 Å². The molecule has 100 valence electrons. The second kappa shape index (κ2) is 6.10. The summed E-state index contributed by atoms with van der Waals surface area (Å²) in [5.41, 5.74) is 0.670. The first-order valence-electron chi connectivity index (χ1n) is 6.00. The molecular formula is C13H17BrFNO2. The topological polar surface area (TPSA) is 32.7 Å². The Balaban J connectivity index is 2.07. The van der Waals surface area contributed by atoms with Crippen LogP contribution in [0, 0.1) is 5.82 Å². The third kappa shape index (κ3) is 3.29. The third-order valence-electron chi connectivity index (χ3n) is 3.23. The number of hydrogen-bond donors (Lipinski definition) is 1. The van der Waals surface area contributed by atoms with Crippen molar-refractivity contribution in [3.8, 4) is 0 Å². The number of hydrogen-bond acceptors (Lipinski definition) is 3. The molecule has 2 rings (SSSR count). The Hall–Kier alpha value is -0.490. The van der Waals surface area contributed by atoms with E-state index in [4.69, 9.17) is 9.84 Å². The lowest BCUT2D eigenvalue weighted by molar-refractivity contribution is -0.0807. The van der Waals surface area contributed by atoms with Gasteiger partial charge in [0.25, 0.3) is 0 Å². The number of benzene rings is 1. The first-order valence-corrected chi connectivity index (χ1v) is 6.80. The van der Waals surface area contributed by atoms with Gasteiger partial charge in [0.1, 0.15) is 5.82 Å². The molecule has 1 saturated heterocycles. The molecule has 0 saturated carbocycles. The van der Waals surface area contributed by atoms with E-state index in [1.54, 1.807) is 6.07 Å². The Bertz CT molecular complexity index is 416. The number of nitrogens with zero attached hydrogens (tertiary/aromatic N) is 1. The molecule has 1 heterocycles. The highest BCUT2D eigenvalue weighted by atomic mass is 79.9. The van der Waals surface area contributed by atoms with Crippen molar-refractivity contribution < 1.29 is 14.2 Å². The predicted octanol–water partition coefficient (Wildman–Crippen LogP) is 2.17. The quantitative estimate of drug-likeness (QED) is 0.927. The van der Waals surface area contributed by atoms with Crippen LogP contribution in [0.1, 0.15) is 12.5 Å². The molecule has 2 atom stereocenters. The van der Waals surface area contributed by atoms with Crippen molar-refractivity contribution in [1.82, 2.24) is 4.90 Å². The summed E-state index contributed by atoms with van der Waals surface area (Å²) in [5, 5.41) is 9.12. The van der Waals surface area contributed by atoms with Crippen molar-refractivity contribution in [2.24, 2.45) is 0 Å². The molecule has 18 heavy (non-hydrogen) atoms. The van der Waals surface area contributed by atoms with Gasteiger partial charge in [0.2, 0.25) is 0 Å². The van der Waals surface area contributed by atoms with Crippen LogP contribution in [0.5, 0.6) is 0 Å². The molecule has 5 heteroatoms. The molecule has 0 amide bonds. The second-order valence-electron chi connectivity index (χ2n) is 4.65. The highest BCUT2D eigenvalue weighted by Gasteiger charge is 2.26. The van der Waals surface area contributed by atoms with Crippen LogP contribution in [0.2, 0.25) is 0 Å². The van der Waals surface area contributed by atoms with E-state index in [1.165, 1.54) is 6.07 Å². The van der Waals surface area contributed by atoms with E-state index in [-0.39, 0.29) is 24.6 Å². The van der Waals surface area contributed by atoms with Crippen molar-refractivity contribution in [1.29, 1.82) is 0 Å². The van der Waals surface area contributed by atoms with Gasteiger partial charge in [-0.3, -0.25) is 4.90 Å². The summed E-state index contributed by atoms with van der Waals surface area (Å²) < 4.78 is 20.0. The zero-order valence-electron chi connectivity index (χ0n) is 10.3. The number of ether oxygens (including phenoxy) is 1. The standard InChI is InChI=1S/C13H17BrFNO2/c1-9-8-18-12(7-17)6-16(9)5-10-2-3-11(14)4-13(10)15/h2-4,9,12,17H,5-8H2,1H3. The molecule has 1 N–H and O–H groups in total. The second-order valence-corrected chi connectivity index (χ2v) is 5.57. The fourth-order valence-electron chi connectivity index (χ4n) is 2.07. The minimum absolute atomic E-state index is 0.00599. The van der Waals surface area contributed by atoms with Crippen LogP contribution in [0.15, 0.2) is 22.7 Å². The Kier molecular flexibility index (Phi) is 4.72. The maximum atomic E-state index is 13.8. The highest BCUT2D eigenvalue weighted by molar-refractivity contribution is 9.10. The predicted molar refractivity (Wildman–Crippen MR) is 70.8 cm³/mol. The minimum atomic E-state index is -0.205. The summed E-state index contributed by atoms with van der Waals surface area (Å²) in [6.45, 7) is 3.80. The Morgan fingerprint density at radius 2 is 2.33 bits per heavy atom. The first-order chi connectivity index (χ1) is 8.60. The van der Waals surface area contributed by atoms with Crippen LogP contribution >= 0.6 is 15.9 Å². The molecular weight excluding hydrogens is 301 g/mol. The van der Waals surface area contributed by atoms with Gasteiger partial charge >= 0.3 is 0 Å². The molecule has 1 aromatic rings. The molecule has 0 aromatic heterocycles. The monoisotopic (exact) mass is 317 g/mol. The fourth-order valence-corrected chi connectivity index (χ4v) is 2.41. The van der Waals surface area contributed by atoms with Crippen LogP contribution in [0.4, 0.5) is 4.39 Å². The summed E-state index contributed by atoms with van der Waals surface area (Å²) in [6, 6.07) is 5.34. The van der Waals surface area contributed by atoms with E-state index in [2.05, 4.69) is 20.8 Å². The van der Waals surface area contributed by atoms with Crippen molar-refractivity contribution in [2.45, 2.75) is 25.6 Å². The van der Waals surface area contributed by atoms with E-state index in [0.29, 0.717) is 25.3 Å². The van der Waals surface area contributed by atoms with Gasteiger partial charge in [-0.15, -0.1) is 0 Å². The van der Waals surface area contributed by atoms with Gasteiger partial charge in [0.15, 0.2) is 0 Å². The lowest BCUT2D eigenvalue weighted by Crippen LogP contribution is -2.48. The average Bonchev–Trinajstić information content (AvgIpc) is 2.35. The molecule has 1 aliphatic heterocycles. The van der Waals surface area contributed by atoms with Crippen molar-refractivity contribution in [3.63, 3.8) is 0 Å². The van der Waals surface area contributed by atoms with E-state index in [1.807, 2.05) is 13.0 Å². The van der Waals surface area contributed by atoms with Gasteiger partial charge in [-0.05, 0) is 19.1 Å². The molecule has 1 fully saturated rings. The van der Waals surface area contributed by atoms with Gasteiger partial charge in [0.05, 0.1) is 19.3 Å². The third-order valence-corrected chi connectivity index (χ3v) is 3.72. The zero-order valence-corrected chi connectivity index (χ0v) is 11.9. The summed E-state index contributed by atoms with van der Waals surface area (Å²) in [6.07, 6.45) is -0.167. The molecule has 1 aromatic carbocycles. The maximum Gasteiger partial charge on any atom is 0.128 e. The maximum absolute atomic E-state index is 13.8. The lowest BCUT2D eigenvalue weighted by Gasteiger charge is -2.37. The smallest absolute Gasteiger partial charge is 0.128 e. The van der Waals surface area contributed by atoms with Crippen LogP contribution in [0.25, 0.3) is 0 Å². The molecule has 2 unspecified atom stereocenters. The molecule has 0 bridgehead atoms. The summed E-state index contributed by atoms with van der Waals surface area (Å²) in [5.74, 6) is -0.205. The molecule has 0 spiro atoms. The minimum Gasteiger partial charge on any atom is -0.394 e. The first kappa shape index (κ1) is 13.9. The van der Waals surface area contributed by atoms with E-state index >= 15 is 0 Å². The van der Waals surface area contributed by atoms with E-state index in [0.717, 1.165) is 4.47 Å². The summed E-state index contributed by atoms with van der Waals surface area (Å²) in [4.78, 5) is 2.14. The Morgan fingerprint density at radius 3 is 3.00 bits per heavy atom. The van der Waals surface area contributed by atoms with Crippen molar-refractivity contribution in [3.05, 3.63) is 34.1 Å². The van der Waals surface area contributed by atoms with Crippen LogP contribution in [-0.4, -0.2) is 41.9 Å². The number of morpholine rings is 1. The number of aliphatic hydroxyl groups is 1. The van der Waals surface area contributed by atoms with Gasteiger partial charge in [-0.1, -0.05) is 22.0 Å². The number of halogens is 2. The molecule has 0 radical (unpaired) electrons. The van der Waals surface area contributed by atoms with E-state index < -0.39 is 0 Å². The molecule has 0 aliphatic carbocycles. The summed E-state index contributed by atoms with van der Waals surface area (Å²) in [7, 11) is 0. The largest absolute Gasteiger partial charge is 0.394 e. The van der Waals surface area contributed by atoms with Crippen molar-refractivity contribution in [2.75, 3.05) is 19.8 Å². The van der Waals surface area contributed by atoms with E-state index in [9.17, 15) is 4.39 Å². The SMILES string of the molecule is CC1COC(CO)CN1Cc1ccc(Br)cc1F.